The summed E-state index contributed by atoms with van der Waals surface area (Å²) in [6.07, 6.45) is 1.43. The quantitative estimate of drug-likeness (QED) is 0.727. The minimum Gasteiger partial charge on any atom is -0.493 e. The van der Waals surface area contributed by atoms with Crippen molar-refractivity contribution in [3.63, 3.8) is 0 Å². The second-order valence-electron chi connectivity index (χ2n) is 4.70. The van der Waals surface area contributed by atoms with E-state index in [9.17, 15) is 4.39 Å². The number of methoxy groups -OCH3 is 2. The Labute approximate surface area is 149 Å². The molecule has 0 amide bonds. The number of halogens is 3. The molecule has 126 valence electrons. The van der Waals surface area contributed by atoms with E-state index in [0.29, 0.717) is 28.5 Å². The van der Waals surface area contributed by atoms with Crippen molar-refractivity contribution in [2.24, 2.45) is 0 Å². The van der Waals surface area contributed by atoms with Gasteiger partial charge in [0, 0.05) is 17.1 Å². The van der Waals surface area contributed by atoms with Gasteiger partial charge < -0.3 is 14.8 Å². The van der Waals surface area contributed by atoms with Crippen molar-refractivity contribution in [1.29, 1.82) is 0 Å². The van der Waals surface area contributed by atoms with E-state index in [0.717, 1.165) is 5.39 Å². The van der Waals surface area contributed by atoms with Gasteiger partial charge in [-0.2, -0.15) is 0 Å². The van der Waals surface area contributed by atoms with Gasteiger partial charge in [-0.3, -0.25) is 0 Å². The van der Waals surface area contributed by atoms with Gasteiger partial charge in [0.05, 0.1) is 24.8 Å². The molecule has 0 saturated heterocycles. The molecule has 0 aliphatic rings. The van der Waals surface area contributed by atoms with Gasteiger partial charge >= 0.3 is 0 Å². The highest BCUT2D eigenvalue weighted by atomic mass is 35.5. The highest BCUT2D eigenvalue weighted by Gasteiger charge is 2.11. The van der Waals surface area contributed by atoms with Crippen LogP contribution < -0.4 is 14.8 Å². The molecule has 0 radical (unpaired) electrons. The van der Waals surface area contributed by atoms with Crippen molar-refractivity contribution in [2.75, 3.05) is 19.5 Å². The number of anilines is 2. The summed E-state index contributed by atoms with van der Waals surface area (Å²) in [7, 11) is 3.12. The van der Waals surface area contributed by atoms with E-state index in [2.05, 4.69) is 15.3 Å². The molecule has 5 nitrogen and oxygen atoms in total. The number of hydrogen-bond acceptors (Lipinski definition) is 5. The molecular formula is C16H14Cl2FN3O2. The third kappa shape index (κ3) is 3.44. The Morgan fingerprint density at radius 2 is 1.75 bits per heavy atom. The monoisotopic (exact) mass is 369 g/mol. The predicted octanol–water partition coefficient (Wildman–Crippen LogP) is 4.60. The summed E-state index contributed by atoms with van der Waals surface area (Å²) in [5.41, 5.74) is 1.31. The zero-order valence-corrected chi connectivity index (χ0v) is 14.4. The summed E-state index contributed by atoms with van der Waals surface area (Å²) in [4.78, 5) is 8.46. The molecule has 3 rings (SSSR count). The first-order chi connectivity index (χ1) is 11.1. The van der Waals surface area contributed by atoms with Gasteiger partial charge in [-0.1, -0.05) is 11.6 Å². The number of nitrogens with zero attached hydrogens (tertiary/aromatic N) is 2. The zero-order valence-electron chi connectivity index (χ0n) is 12.8. The third-order valence-electron chi connectivity index (χ3n) is 3.32. The summed E-state index contributed by atoms with van der Waals surface area (Å²) in [5, 5.41) is 3.88. The van der Waals surface area contributed by atoms with Crippen molar-refractivity contribution in [3.8, 4) is 11.5 Å². The van der Waals surface area contributed by atoms with Crippen LogP contribution in [0.1, 0.15) is 0 Å². The largest absolute Gasteiger partial charge is 0.493 e. The van der Waals surface area contributed by atoms with Gasteiger partial charge in [0.2, 0.25) is 0 Å². The van der Waals surface area contributed by atoms with Crippen molar-refractivity contribution in [1.82, 2.24) is 9.97 Å². The molecule has 3 aromatic rings. The van der Waals surface area contributed by atoms with Crippen LogP contribution in [0.5, 0.6) is 11.5 Å². The van der Waals surface area contributed by atoms with Crippen LogP contribution in [0.3, 0.4) is 0 Å². The summed E-state index contributed by atoms with van der Waals surface area (Å²) in [5.74, 6) is 1.22. The van der Waals surface area contributed by atoms with Crippen LogP contribution in [0.2, 0.25) is 5.02 Å². The number of nitrogens with one attached hydrogen (secondary N) is 1. The van der Waals surface area contributed by atoms with Crippen LogP contribution in [0, 0.1) is 5.82 Å². The molecule has 2 aromatic carbocycles. The molecule has 0 aliphatic heterocycles. The Morgan fingerprint density at radius 1 is 1.04 bits per heavy atom. The molecule has 1 aromatic heterocycles. The number of fused-ring (bicyclic) bond motifs is 1. The maximum atomic E-state index is 13.3. The van der Waals surface area contributed by atoms with Crippen molar-refractivity contribution in [2.45, 2.75) is 0 Å². The molecule has 1 N–H and O–H groups in total. The van der Waals surface area contributed by atoms with E-state index in [1.54, 1.807) is 32.4 Å². The third-order valence-corrected chi connectivity index (χ3v) is 3.61. The second-order valence-corrected chi connectivity index (χ2v) is 5.11. The second kappa shape index (κ2) is 7.51. The van der Waals surface area contributed by atoms with Gasteiger partial charge in [0.1, 0.15) is 18.0 Å². The SMILES string of the molecule is COc1cc2ncnc(Nc3ccc(F)c(Cl)c3)c2cc1OC.Cl. The molecular weight excluding hydrogens is 356 g/mol. The summed E-state index contributed by atoms with van der Waals surface area (Å²) >= 11 is 5.80. The molecule has 1 heterocycles. The lowest BCUT2D eigenvalue weighted by Gasteiger charge is -2.12. The number of ether oxygens (including phenoxy) is 2. The number of benzene rings is 2. The van der Waals surface area contributed by atoms with E-state index < -0.39 is 5.82 Å². The first kappa shape index (κ1) is 18.0. The van der Waals surface area contributed by atoms with Crippen LogP contribution in [-0.4, -0.2) is 24.2 Å². The lowest BCUT2D eigenvalue weighted by atomic mass is 10.2. The summed E-state index contributed by atoms with van der Waals surface area (Å²) < 4.78 is 23.8. The number of aromatic nitrogens is 2. The Morgan fingerprint density at radius 3 is 2.42 bits per heavy atom. The molecule has 0 atom stereocenters. The van der Waals surface area contributed by atoms with Crippen LogP contribution in [0.4, 0.5) is 15.9 Å². The highest BCUT2D eigenvalue weighted by Crippen LogP contribution is 2.34. The number of hydrogen-bond donors (Lipinski definition) is 1. The smallest absolute Gasteiger partial charge is 0.162 e. The summed E-state index contributed by atoms with van der Waals surface area (Å²) in [6.45, 7) is 0. The van der Waals surface area contributed by atoms with E-state index >= 15 is 0 Å². The highest BCUT2D eigenvalue weighted by molar-refractivity contribution is 6.31. The van der Waals surface area contributed by atoms with Crippen LogP contribution in [-0.2, 0) is 0 Å². The molecule has 0 unspecified atom stereocenters. The zero-order chi connectivity index (χ0) is 16.4. The van der Waals surface area contributed by atoms with Crippen molar-refractivity contribution >= 4 is 46.4 Å². The normalized spacial score (nSPS) is 10.2. The van der Waals surface area contributed by atoms with Gasteiger partial charge in [-0.15, -0.1) is 12.4 Å². The molecule has 0 bridgehead atoms. The fraction of sp³-hybridized carbons (Fsp3) is 0.125. The standard InChI is InChI=1S/C16H13ClFN3O2.ClH/c1-22-14-6-10-13(7-15(14)23-2)19-8-20-16(10)21-9-3-4-12(18)11(17)5-9;/h3-8H,1-2H3,(H,19,20,21);1H. The molecule has 0 fully saturated rings. The van der Waals surface area contributed by atoms with E-state index in [1.165, 1.54) is 18.5 Å². The molecule has 0 spiro atoms. The lowest BCUT2D eigenvalue weighted by molar-refractivity contribution is 0.356. The van der Waals surface area contributed by atoms with Gasteiger partial charge in [-0.05, 0) is 24.3 Å². The van der Waals surface area contributed by atoms with Crippen LogP contribution >= 0.6 is 24.0 Å². The first-order valence-electron chi connectivity index (χ1n) is 6.71. The average Bonchev–Trinajstić information content (AvgIpc) is 2.57. The van der Waals surface area contributed by atoms with E-state index in [-0.39, 0.29) is 17.4 Å². The minimum absolute atomic E-state index is 0. The van der Waals surface area contributed by atoms with E-state index in [1.807, 2.05) is 0 Å². The average molecular weight is 370 g/mol. The molecule has 24 heavy (non-hydrogen) atoms. The fourth-order valence-corrected chi connectivity index (χ4v) is 2.37. The molecule has 0 aliphatic carbocycles. The Hall–Kier alpha value is -2.31. The van der Waals surface area contributed by atoms with E-state index in [4.69, 9.17) is 21.1 Å². The summed E-state index contributed by atoms with van der Waals surface area (Å²) in [6, 6.07) is 7.90. The van der Waals surface area contributed by atoms with Crippen LogP contribution in [0.25, 0.3) is 10.9 Å². The fourth-order valence-electron chi connectivity index (χ4n) is 2.19. The minimum atomic E-state index is -0.476. The first-order valence-corrected chi connectivity index (χ1v) is 7.09. The topological polar surface area (TPSA) is 56.3 Å². The Kier molecular flexibility index (Phi) is 5.64. The lowest BCUT2D eigenvalue weighted by Crippen LogP contribution is -1.98. The number of rotatable bonds is 4. The Balaban J connectivity index is 0.00000208. The van der Waals surface area contributed by atoms with Crippen LogP contribution in [0.15, 0.2) is 36.7 Å². The maximum Gasteiger partial charge on any atom is 0.162 e. The van der Waals surface area contributed by atoms with Gasteiger partial charge in [0.15, 0.2) is 11.5 Å². The Bertz CT molecular complexity index is 877. The van der Waals surface area contributed by atoms with Gasteiger partial charge in [0.25, 0.3) is 0 Å². The van der Waals surface area contributed by atoms with Crippen molar-refractivity contribution in [3.05, 3.63) is 47.5 Å². The van der Waals surface area contributed by atoms with Gasteiger partial charge in [-0.25, -0.2) is 14.4 Å². The molecule has 8 heteroatoms. The van der Waals surface area contributed by atoms with Crippen molar-refractivity contribution < 1.29 is 13.9 Å². The maximum absolute atomic E-state index is 13.3. The predicted molar refractivity (Wildman–Crippen MR) is 94.6 cm³/mol. The molecule has 0 saturated carbocycles.